The average Bonchev–Trinajstić information content (AvgIpc) is 2.93. The Bertz CT molecular complexity index is 512. The van der Waals surface area contributed by atoms with Crippen molar-refractivity contribution in [3.63, 3.8) is 0 Å². The van der Waals surface area contributed by atoms with Crippen LogP contribution in [0.5, 0.6) is 0 Å². The van der Waals surface area contributed by atoms with Gasteiger partial charge in [0.25, 0.3) is 0 Å². The first kappa shape index (κ1) is 20.6. The van der Waals surface area contributed by atoms with E-state index in [1.807, 2.05) is 0 Å². The van der Waals surface area contributed by atoms with E-state index in [0.717, 1.165) is 6.42 Å². The number of aromatic nitrogens is 1. The molecule has 0 aromatic carbocycles. The Morgan fingerprint density at radius 3 is 2.67 bits per heavy atom. The highest BCUT2D eigenvalue weighted by molar-refractivity contribution is 7.13. The molecule has 136 valence electrons. The van der Waals surface area contributed by atoms with Gasteiger partial charge in [0.1, 0.15) is 6.54 Å². The third kappa shape index (κ3) is 8.40. The van der Waals surface area contributed by atoms with Crippen LogP contribution in [0, 0.1) is 11.3 Å². The maximum Gasteiger partial charge on any atom is 0.245 e. The van der Waals surface area contributed by atoms with Crippen molar-refractivity contribution in [1.29, 1.82) is 0 Å². The molecule has 1 aromatic rings. The van der Waals surface area contributed by atoms with E-state index >= 15 is 0 Å². The molecule has 0 fully saturated rings. The largest absolute Gasteiger partial charge is 0.383 e. The van der Waals surface area contributed by atoms with Crippen molar-refractivity contribution >= 4 is 28.3 Å². The van der Waals surface area contributed by atoms with Crippen molar-refractivity contribution in [3.05, 3.63) is 11.6 Å². The third-order valence-corrected chi connectivity index (χ3v) is 4.10. The van der Waals surface area contributed by atoms with Gasteiger partial charge in [-0.3, -0.25) is 9.59 Å². The van der Waals surface area contributed by atoms with E-state index in [-0.39, 0.29) is 29.7 Å². The van der Waals surface area contributed by atoms with Gasteiger partial charge >= 0.3 is 0 Å². The van der Waals surface area contributed by atoms with Crippen LogP contribution in [0.3, 0.4) is 0 Å². The van der Waals surface area contributed by atoms with Gasteiger partial charge in [-0.15, -0.1) is 11.3 Å². The molecule has 24 heavy (non-hydrogen) atoms. The fraction of sp³-hybridized carbons (Fsp3) is 0.706. The van der Waals surface area contributed by atoms with Crippen molar-refractivity contribution < 1.29 is 14.3 Å². The fourth-order valence-electron chi connectivity index (χ4n) is 2.66. The Hall–Kier alpha value is -1.47. The smallest absolute Gasteiger partial charge is 0.245 e. The number of carbonyl (C=O) groups is 2. The summed E-state index contributed by atoms with van der Waals surface area (Å²) in [4.78, 5) is 30.3. The van der Waals surface area contributed by atoms with Crippen molar-refractivity contribution in [2.24, 2.45) is 11.3 Å². The quantitative estimate of drug-likeness (QED) is 0.739. The van der Waals surface area contributed by atoms with Crippen LogP contribution in [0.1, 0.15) is 40.5 Å². The highest BCUT2D eigenvalue weighted by atomic mass is 32.1. The molecule has 7 heteroatoms. The van der Waals surface area contributed by atoms with E-state index in [1.165, 1.54) is 11.3 Å². The molecular weight excluding hydrogens is 326 g/mol. The number of nitrogens with zero attached hydrogens (tertiary/aromatic N) is 2. The molecule has 1 atom stereocenters. The first-order chi connectivity index (χ1) is 11.2. The van der Waals surface area contributed by atoms with Crippen LogP contribution in [-0.2, 0) is 14.3 Å². The molecule has 0 aliphatic carbocycles. The fourth-order valence-corrected chi connectivity index (χ4v) is 3.20. The summed E-state index contributed by atoms with van der Waals surface area (Å²) in [6, 6.07) is 0. The van der Waals surface area contributed by atoms with E-state index in [2.05, 4.69) is 38.0 Å². The van der Waals surface area contributed by atoms with Crippen LogP contribution in [0.25, 0.3) is 0 Å². The minimum atomic E-state index is -0.238. The number of ether oxygens (including phenoxy) is 1. The Morgan fingerprint density at radius 1 is 1.42 bits per heavy atom. The maximum atomic E-state index is 12.6. The number of methoxy groups -OCH3 is 1. The predicted octanol–water partition coefficient (Wildman–Crippen LogP) is 3.02. The summed E-state index contributed by atoms with van der Waals surface area (Å²) in [5.74, 6) is 0.0144. The first-order valence-electron chi connectivity index (χ1n) is 8.17. The molecule has 2 amide bonds. The monoisotopic (exact) mass is 355 g/mol. The summed E-state index contributed by atoms with van der Waals surface area (Å²) < 4.78 is 5.06. The van der Waals surface area contributed by atoms with Crippen LogP contribution in [0.4, 0.5) is 5.13 Å². The highest BCUT2D eigenvalue weighted by Gasteiger charge is 2.22. The lowest BCUT2D eigenvalue weighted by atomic mass is 9.84. The molecular formula is C17H29N3O3S. The second-order valence-corrected chi connectivity index (χ2v) is 8.16. The standard InChI is InChI=1S/C17H29N3O3S/c1-13(11-17(2,3)4)10-15(22)20(7-8-23-5)12-14(21)19-16-18-6-9-24-16/h6,9,13H,7-8,10-12H2,1-5H3,(H,18,19,21)/t13-/m1/s1. The summed E-state index contributed by atoms with van der Waals surface area (Å²) in [5, 5.41) is 5.04. The van der Waals surface area contributed by atoms with Crippen LogP contribution in [-0.4, -0.2) is 48.5 Å². The zero-order valence-corrected chi connectivity index (χ0v) is 16.1. The zero-order valence-electron chi connectivity index (χ0n) is 15.3. The summed E-state index contributed by atoms with van der Waals surface area (Å²) in [6.07, 6.45) is 3.02. The molecule has 6 nitrogen and oxygen atoms in total. The number of nitrogens with one attached hydrogen (secondary N) is 1. The van der Waals surface area contributed by atoms with E-state index in [9.17, 15) is 9.59 Å². The molecule has 0 radical (unpaired) electrons. The molecule has 0 aliphatic rings. The molecule has 1 N–H and O–H groups in total. The molecule has 0 unspecified atom stereocenters. The SMILES string of the molecule is COCCN(CC(=O)Nc1nccs1)C(=O)C[C@@H](C)CC(C)(C)C. The van der Waals surface area contributed by atoms with E-state index in [0.29, 0.717) is 24.7 Å². The Kier molecular flexibility index (Phi) is 8.35. The van der Waals surface area contributed by atoms with Crippen LogP contribution in [0.15, 0.2) is 11.6 Å². The van der Waals surface area contributed by atoms with Crippen molar-refractivity contribution in [1.82, 2.24) is 9.88 Å². The molecule has 0 saturated heterocycles. The van der Waals surface area contributed by atoms with Gasteiger partial charge in [-0.2, -0.15) is 0 Å². The van der Waals surface area contributed by atoms with E-state index in [4.69, 9.17) is 4.74 Å². The zero-order chi connectivity index (χ0) is 18.2. The second kappa shape index (κ2) is 9.74. The maximum absolute atomic E-state index is 12.6. The van der Waals surface area contributed by atoms with Gasteiger partial charge in [0.2, 0.25) is 11.8 Å². The van der Waals surface area contributed by atoms with Gasteiger partial charge in [-0.05, 0) is 17.8 Å². The molecule has 1 heterocycles. The van der Waals surface area contributed by atoms with Gasteiger partial charge in [0, 0.05) is 31.7 Å². The Labute approximate surface area is 148 Å². The van der Waals surface area contributed by atoms with Crippen molar-refractivity contribution in [2.75, 3.05) is 32.1 Å². The van der Waals surface area contributed by atoms with E-state index in [1.54, 1.807) is 23.6 Å². The number of anilines is 1. The van der Waals surface area contributed by atoms with Gasteiger partial charge in [0.05, 0.1) is 6.61 Å². The second-order valence-electron chi connectivity index (χ2n) is 7.27. The minimum Gasteiger partial charge on any atom is -0.383 e. The molecule has 0 spiro atoms. The van der Waals surface area contributed by atoms with Gasteiger partial charge in [0.15, 0.2) is 5.13 Å². The van der Waals surface area contributed by atoms with E-state index < -0.39 is 0 Å². The summed E-state index contributed by atoms with van der Waals surface area (Å²) in [7, 11) is 1.58. The molecule has 1 aromatic heterocycles. The topological polar surface area (TPSA) is 71.5 Å². The van der Waals surface area contributed by atoms with Gasteiger partial charge in [-0.1, -0.05) is 27.7 Å². The third-order valence-electron chi connectivity index (χ3n) is 3.42. The number of amides is 2. The lowest BCUT2D eigenvalue weighted by Gasteiger charge is -2.26. The first-order valence-corrected chi connectivity index (χ1v) is 9.05. The lowest BCUT2D eigenvalue weighted by molar-refractivity contribution is -0.136. The van der Waals surface area contributed by atoms with Crippen LogP contribution < -0.4 is 5.32 Å². The summed E-state index contributed by atoms with van der Waals surface area (Å²) in [6.45, 7) is 9.40. The summed E-state index contributed by atoms with van der Waals surface area (Å²) >= 11 is 1.35. The van der Waals surface area contributed by atoms with Gasteiger partial charge < -0.3 is 15.0 Å². The number of hydrogen-bond donors (Lipinski definition) is 1. The molecule has 0 saturated carbocycles. The number of thiazole rings is 1. The van der Waals surface area contributed by atoms with Crippen LogP contribution >= 0.6 is 11.3 Å². The predicted molar refractivity (Wildman–Crippen MR) is 97.1 cm³/mol. The average molecular weight is 356 g/mol. The number of rotatable bonds is 9. The van der Waals surface area contributed by atoms with Crippen molar-refractivity contribution in [2.45, 2.75) is 40.5 Å². The lowest BCUT2D eigenvalue weighted by Crippen LogP contribution is -2.40. The molecule has 0 bridgehead atoms. The number of hydrogen-bond acceptors (Lipinski definition) is 5. The minimum absolute atomic E-state index is 0.0157. The normalized spacial score (nSPS) is 12.7. The molecule has 1 rings (SSSR count). The van der Waals surface area contributed by atoms with Gasteiger partial charge in [-0.25, -0.2) is 4.98 Å². The molecule has 0 aliphatic heterocycles. The number of carbonyl (C=O) groups excluding carboxylic acids is 2. The Morgan fingerprint density at radius 2 is 2.12 bits per heavy atom. The van der Waals surface area contributed by atoms with Crippen molar-refractivity contribution in [3.8, 4) is 0 Å². The van der Waals surface area contributed by atoms with Crippen LogP contribution in [0.2, 0.25) is 0 Å². The summed E-state index contributed by atoms with van der Waals surface area (Å²) in [5.41, 5.74) is 0.180. The Balaban J connectivity index is 2.59. The highest BCUT2D eigenvalue weighted by Crippen LogP contribution is 2.26.